The molecule has 0 radical (unpaired) electrons. The number of hydrogen-bond donors (Lipinski definition) is 1. The van der Waals surface area contributed by atoms with Gasteiger partial charge in [-0.3, -0.25) is 4.79 Å². The van der Waals surface area contributed by atoms with Gasteiger partial charge in [0.15, 0.2) is 12.4 Å². The van der Waals surface area contributed by atoms with Crippen LogP contribution in [0.15, 0.2) is 48.8 Å². The zero-order chi connectivity index (χ0) is 13.8. The van der Waals surface area contributed by atoms with E-state index in [0.29, 0.717) is 5.56 Å². The van der Waals surface area contributed by atoms with Crippen LogP contribution in [0.3, 0.4) is 0 Å². The monoisotopic (exact) mass is 256 g/mol. The number of benzene rings is 1. The van der Waals surface area contributed by atoms with Gasteiger partial charge in [-0.15, -0.1) is 0 Å². The Kier molecular flexibility index (Phi) is 3.71. The normalized spacial score (nSPS) is 10.2. The number of carboxylic acid groups (broad SMARTS) is 1. The van der Waals surface area contributed by atoms with Gasteiger partial charge in [0.25, 0.3) is 0 Å². The molecule has 4 nitrogen and oxygen atoms in total. The molecule has 0 bridgehead atoms. The van der Waals surface area contributed by atoms with Gasteiger partial charge in [0, 0.05) is 11.6 Å². The summed E-state index contributed by atoms with van der Waals surface area (Å²) in [4.78, 5) is 22.9. The number of nitrogens with zero attached hydrogens (tertiary/aromatic N) is 1. The van der Waals surface area contributed by atoms with E-state index < -0.39 is 5.97 Å². The second-order valence-corrected chi connectivity index (χ2v) is 4.36. The van der Waals surface area contributed by atoms with Crippen molar-refractivity contribution in [1.82, 2.24) is 0 Å². The van der Waals surface area contributed by atoms with Crippen molar-refractivity contribution in [2.24, 2.45) is 0 Å². The molecular weight excluding hydrogens is 242 g/mol. The van der Waals surface area contributed by atoms with Gasteiger partial charge in [0.1, 0.15) is 5.56 Å². The molecule has 0 unspecified atom stereocenters. The largest absolute Gasteiger partial charge is 0.477 e. The number of pyridine rings is 1. The van der Waals surface area contributed by atoms with E-state index in [0.717, 1.165) is 5.56 Å². The van der Waals surface area contributed by atoms with E-state index in [4.69, 9.17) is 5.11 Å². The Morgan fingerprint density at radius 1 is 1.11 bits per heavy atom. The smallest absolute Gasteiger partial charge is 0.341 e. The Morgan fingerprint density at radius 3 is 2.42 bits per heavy atom. The first-order valence-corrected chi connectivity index (χ1v) is 5.88. The van der Waals surface area contributed by atoms with E-state index in [-0.39, 0.29) is 17.9 Å². The highest BCUT2D eigenvalue weighted by molar-refractivity contribution is 5.95. The van der Waals surface area contributed by atoms with E-state index in [1.165, 1.54) is 12.3 Å². The van der Waals surface area contributed by atoms with Gasteiger partial charge in [-0.25, -0.2) is 4.79 Å². The fourth-order valence-corrected chi connectivity index (χ4v) is 1.74. The number of aromatic nitrogens is 1. The maximum absolute atomic E-state index is 12.0. The van der Waals surface area contributed by atoms with Gasteiger partial charge in [0.05, 0.1) is 0 Å². The number of carboxylic acids is 1. The van der Waals surface area contributed by atoms with Crippen LogP contribution < -0.4 is 4.57 Å². The lowest BCUT2D eigenvalue weighted by Crippen LogP contribution is -2.38. The Bertz CT molecular complexity index is 618. The highest BCUT2D eigenvalue weighted by Crippen LogP contribution is 2.04. The summed E-state index contributed by atoms with van der Waals surface area (Å²) >= 11 is 0. The molecule has 2 aromatic rings. The molecule has 0 saturated carbocycles. The molecule has 96 valence electrons. The zero-order valence-electron chi connectivity index (χ0n) is 10.5. The quantitative estimate of drug-likeness (QED) is 0.671. The van der Waals surface area contributed by atoms with Crippen molar-refractivity contribution in [3.8, 4) is 0 Å². The summed E-state index contributed by atoms with van der Waals surface area (Å²) in [7, 11) is 0. The van der Waals surface area contributed by atoms with Crippen LogP contribution in [0.4, 0.5) is 0 Å². The van der Waals surface area contributed by atoms with Crippen LogP contribution in [0.25, 0.3) is 0 Å². The average Bonchev–Trinajstić information content (AvgIpc) is 2.39. The van der Waals surface area contributed by atoms with Crippen molar-refractivity contribution in [3.63, 3.8) is 0 Å². The van der Waals surface area contributed by atoms with E-state index in [9.17, 15) is 9.59 Å². The van der Waals surface area contributed by atoms with Crippen LogP contribution in [0.1, 0.15) is 26.3 Å². The van der Waals surface area contributed by atoms with Gasteiger partial charge in [0.2, 0.25) is 12.3 Å². The molecule has 1 N–H and O–H groups in total. The lowest BCUT2D eigenvalue weighted by atomic mass is 10.1. The van der Waals surface area contributed by atoms with E-state index >= 15 is 0 Å². The minimum atomic E-state index is -1.00. The average molecular weight is 256 g/mol. The van der Waals surface area contributed by atoms with Crippen LogP contribution in [-0.4, -0.2) is 16.9 Å². The number of ketones is 1. The Morgan fingerprint density at radius 2 is 1.79 bits per heavy atom. The van der Waals surface area contributed by atoms with Crippen molar-refractivity contribution in [2.75, 3.05) is 0 Å². The van der Waals surface area contributed by atoms with Gasteiger partial charge >= 0.3 is 5.97 Å². The first kappa shape index (κ1) is 13.0. The Balaban J connectivity index is 2.17. The molecule has 2 rings (SSSR count). The summed E-state index contributed by atoms with van der Waals surface area (Å²) in [5.74, 6) is -1.05. The maximum atomic E-state index is 12.0. The van der Waals surface area contributed by atoms with Gasteiger partial charge in [-0.1, -0.05) is 29.8 Å². The van der Waals surface area contributed by atoms with Gasteiger partial charge in [-0.2, -0.15) is 4.57 Å². The highest BCUT2D eigenvalue weighted by Gasteiger charge is 2.14. The lowest BCUT2D eigenvalue weighted by molar-refractivity contribution is -0.683. The number of aromatic carboxylic acids is 1. The number of rotatable bonds is 4. The number of hydrogen-bond acceptors (Lipinski definition) is 2. The molecule has 4 heteroatoms. The standard InChI is InChI=1S/C15H13NO3/c1-11-4-6-12(7-5-11)14(17)10-16-8-2-3-13(9-16)15(18)19/h2-9H,10H2,1H3/p+1. The zero-order valence-corrected chi connectivity index (χ0v) is 10.5. The van der Waals surface area contributed by atoms with E-state index in [1.54, 1.807) is 29.0 Å². The van der Waals surface area contributed by atoms with Crippen molar-refractivity contribution in [3.05, 3.63) is 65.5 Å². The van der Waals surface area contributed by atoms with Crippen molar-refractivity contribution < 1.29 is 19.3 Å². The number of carbonyl (C=O) groups is 2. The molecule has 0 aliphatic carbocycles. The van der Waals surface area contributed by atoms with Gasteiger partial charge < -0.3 is 5.11 Å². The molecule has 0 saturated heterocycles. The van der Waals surface area contributed by atoms with Crippen LogP contribution in [0.2, 0.25) is 0 Å². The number of aryl methyl sites for hydroxylation is 1. The first-order valence-electron chi connectivity index (χ1n) is 5.88. The molecule has 19 heavy (non-hydrogen) atoms. The van der Waals surface area contributed by atoms with Crippen LogP contribution in [0, 0.1) is 6.92 Å². The van der Waals surface area contributed by atoms with Gasteiger partial charge in [-0.05, 0) is 13.0 Å². The molecule has 1 heterocycles. The minimum Gasteiger partial charge on any atom is -0.477 e. The molecule has 0 aliphatic heterocycles. The second kappa shape index (κ2) is 5.44. The Hall–Kier alpha value is -2.49. The molecule has 0 aliphatic rings. The Labute approximate surface area is 110 Å². The molecule has 1 aromatic heterocycles. The van der Waals surface area contributed by atoms with Crippen LogP contribution in [-0.2, 0) is 6.54 Å². The molecule has 0 fully saturated rings. The predicted molar refractivity (Wildman–Crippen MR) is 69.1 cm³/mol. The third-order valence-corrected chi connectivity index (χ3v) is 2.80. The summed E-state index contributed by atoms with van der Waals surface area (Å²) in [6.07, 6.45) is 3.13. The third kappa shape index (κ3) is 3.25. The number of Topliss-reactive ketones (excluding diaryl/α,β-unsaturated/α-hetero) is 1. The fourth-order valence-electron chi connectivity index (χ4n) is 1.74. The van der Waals surface area contributed by atoms with Crippen molar-refractivity contribution in [2.45, 2.75) is 13.5 Å². The van der Waals surface area contributed by atoms with E-state index in [2.05, 4.69) is 0 Å². The number of carbonyl (C=O) groups excluding carboxylic acids is 1. The SMILES string of the molecule is Cc1ccc(C(=O)C[n+]2cccc(C(=O)O)c2)cc1. The topological polar surface area (TPSA) is 58.2 Å². The summed E-state index contributed by atoms with van der Waals surface area (Å²) in [6, 6.07) is 10.4. The molecular formula is C15H14NO3+. The lowest BCUT2D eigenvalue weighted by Gasteiger charge is -2.00. The fraction of sp³-hybridized carbons (Fsp3) is 0.133. The highest BCUT2D eigenvalue weighted by atomic mass is 16.4. The first-order chi connectivity index (χ1) is 9.06. The third-order valence-electron chi connectivity index (χ3n) is 2.80. The summed E-state index contributed by atoms with van der Waals surface area (Å²) < 4.78 is 1.58. The maximum Gasteiger partial charge on any atom is 0.341 e. The second-order valence-electron chi connectivity index (χ2n) is 4.36. The summed E-state index contributed by atoms with van der Waals surface area (Å²) in [5, 5.41) is 8.89. The summed E-state index contributed by atoms with van der Waals surface area (Å²) in [6.45, 7) is 2.09. The molecule has 1 aromatic carbocycles. The molecule has 0 atom stereocenters. The summed E-state index contributed by atoms with van der Waals surface area (Å²) in [5.41, 5.74) is 1.88. The van der Waals surface area contributed by atoms with Crippen molar-refractivity contribution >= 4 is 11.8 Å². The van der Waals surface area contributed by atoms with E-state index in [1.807, 2.05) is 19.1 Å². The molecule has 0 spiro atoms. The molecule has 0 amide bonds. The predicted octanol–water partition coefficient (Wildman–Crippen LogP) is 1.86. The van der Waals surface area contributed by atoms with Crippen LogP contribution >= 0.6 is 0 Å². The van der Waals surface area contributed by atoms with Crippen molar-refractivity contribution in [1.29, 1.82) is 0 Å². The van der Waals surface area contributed by atoms with Crippen LogP contribution in [0.5, 0.6) is 0 Å². The minimum absolute atomic E-state index is 0.0486.